The lowest BCUT2D eigenvalue weighted by Crippen LogP contribution is -2.49. The number of hydrogen-bond acceptors (Lipinski definition) is 4. The average molecular weight is 562 g/mol. The number of halogens is 3. The molecule has 0 bridgehead atoms. The normalized spacial score (nSPS) is 20.3. The van der Waals surface area contributed by atoms with Gasteiger partial charge in [0, 0.05) is 54.4 Å². The summed E-state index contributed by atoms with van der Waals surface area (Å²) in [5, 5.41) is 4.45. The largest absolute Gasteiger partial charge is 0.368 e. The summed E-state index contributed by atoms with van der Waals surface area (Å²) in [5.41, 5.74) is 10.8. The van der Waals surface area contributed by atoms with Crippen molar-refractivity contribution in [1.29, 1.82) is 0 Å². The van der Waals surface area contributed by atoms with Crippen LogP contribution in [-0.4, -0.2) is 37.0 Å². The zero-order chi connectivity index (χ0) is 26.6. The fraction of sp³-hybridized carbons (Fsp3) is 0.414. The van der Waals surface area contributed by atoms with Gasteiger partial charge >= 0.3 is 0 Å². The molecule has 3 N–H and O–H groups in total. The quantitative estimate of drug-likeness (QED) is 0.290. The standard InChI is InChI=1S/C29H35Cl3N4O/c1-20(2)17-26(33)24-18-22(29(32)11-3-4-12-34-29)7-9-27(24)35-13-15-36(16-14-35)28(37)10-6-21-5-8-23(30)19-25(21)31/h3-5,7-9,11-12,18-20,26,34H,6,10,13-17,33H2,1-2H3. The molecule has 2 unspecified atom stereocenters. The summed E-state index contributed by atoms with van der Waals surface area (Å²) < 4.78 is 0. The van der Waals surface area contributed by atoms with Crippen LogP contribution in [0.1, 0.15) is 49.4 Å². The number of nitrogens with two attached hydrogens (primary N) is 1. The number of rotatable bonds is 8. The number of aryl methyl sites for hydroxylation is 1. The molecule has 1 fully saturated rings. The van der Waals surface area contributed by atoms with Crippen molar-refractivity contribution in [2.75, 3.05) is 31.1 Å². The number of alkyl halides is 1. The summed E-state index contributed by atoms with van der Waals surface area (Å²) >= 11 is 19.2. The number of nitrogens with one attached hydrogen (secondary N) is 1. The van der Waals surface area contributed by atoms with Crippen LogP contribution in [-0.2, 0) is 16.2 Å². The van der Waals surface area contributed by atoms with E-state index in [2.05, 4.69) is 42.3 Å². The van der Waals surface area contributed by atoms with E-state index >= 15 is 0 Å². The maximum atomic E-state index is 12.9. The number of nitrogens with zero attached hydrogens (tertiary/aromatic N) is 2. The molecule has 37 heavy (non-hydrogen) atoms. The Morgan fingerprint density at radius 1 is 1.08 bits per heavy atom. The Bertz CT molecular complexity index is 1170. The highest BCUT2D eigenvalue weighted by Gasteiger charge is 2.30. The number of carbonyl (C=O) groups excluding carboxylic acids is 1. The van der Waals surface area contributed by atoms with Crippen molar-refractivity contribution in [2.24, 2.45) is 11.7 Å². The molecule has 2 heterocycles. The van der Waals surface area contributed by atoms with Crippen LogP contribution < -0.4 is 16.0 Å². The van der Waals surface area contributed by atoms with Crippen molar-refractivity contribution in [3.63, 3.8) is 0 Å². The van der Waals surface area contributed by atoms with Gasteiger partial charge in [0.2, 0.25) is 5.91 Å². The van der Waals surface area contributed by atoms with Gasteiger partial charge in [0.25, 0.3) is 0 Å². The number of carbonyl (C=O) groups is 1. The molecule has 2 aliphatic heterocycles. The second-order valence-corrected chi connectivity index (χ2v) is 11.6. The first-order chi connectivity index (χ1) is 17.7. The number of piperazine rings is 1. The van der Waals surface area contributed by atoms with Crippen LogP contribution in [0.4, 0.5) is 5.69 Å². The molecule has 0 aromatic heterocycles. The van der Waals surface area contributed by atoms with Gasteiger partial charge in [-0.1, -0.05) is 66.9 Å². The molecule has 1 amide bonds. The van der Waals surface area contributed by atoms with E-state index in [4.69, 9.17) is 40.5 Å². The molecule has 2 aliphatic rings. The SMILES string of the molecule is CC(C)CC(N)c1cc(C2(Cl)C=CC=CN2)ccc1N1CCN(C(=O)CCc2ccc(Cl)cc2Cl)CC1. The molecule has 4 rings (SSSR count). The minimum Gasteiger partial charge on any atom is -0.368 e. The Hall–Kier alpha value is -2.18. The van der Waals surface area contributed by atoms with E-state index in [1.54, 1.807) is 6.07 Å². The lowest BCUT2D eigenvalue weighted by molar-refractivity contribution is -0.131. The molecule has 2 aromatic carbocycles. The van der Waals surface area contributed by atoms with Gasteiger partial charge in [-0.05, 0) is 78.1 Å². The maximum absolute atomic E-state index is 12.9. The number of amides is 1. The van der Waals surface area contributed by atoms with Crippen LogP contribution in [0.5, 0.6) is 0 Å². The molecule has 2 aromatic rings. The molecule has 1 saturated heterocycles. The van der Waals surface area contributed by atoms with Gasteiger partial charge in [-0.3, -0.25) is 4.79 Å². The second-order valence-electron chi connectivity index (χ2n) is 10.2. The van der Waals surface area contributed by atoms with Crippen LogP contribution >= 0.6 is 34.8 Å². The van der Waals surface area contributed by atoms with Gasteiger partial charge in [0.05, 0.1) is 0 Å². The number of dihydropyridines is 1. The second kappa shape index (κ2) is 12.1. The Balaban J connectivity index is 1.45. The first-order valence-corrected chi connectivity index (χ1v) is 14.0. The van der Waals surface area contributed by atoms with E-state index < -0.39 is 5.00 Å². The molecule has 5 nitrogen and oxygen atoms in total. The third-order valence-electron chi connectivity index (χ3n) is 7.00. The van der Waals surface area contributed by atoms with Crippen molar-refractivity contribution in [2.45, 2.75) is 44.1 Å². The van der Waals surface area contributed by atoms with Gasteiger partial charge in [-0.2, -0.15) is 0 Å². The minimum absolute atomic E-state index is 0.109. The summed E-state index contributed by atoms with van der Waals surface area (Å²) in [4.78, 5) is 16.4. The zero-order valence-electron chi connectivity index (χ0n) is 21.4. The van der Waals surface area contributed by atoms with E-state index in [9.17, 15) is 4.79 Å². The third-order valence-corrected chi connectivity index (χ3v) is 8.04. The average Bonchev–Trinajstić information content (AvgIpc) is 2.88. The summed E-state index contributed by atoms with van der Waals surface area (Å²) in [7, 11) is 0. The van der Waals surface area contributed by atoms with Crippen molar-refractivity contribution >= 4 is 46.4 Å². The van der Waals surface area contributed by atoms with Crippen molar-refractivity contribution < 1.29 is 4.79 Å². The van der Waals surface area contributed by atoms with Gasteiger partial charge < -0.3 is 20.9 Å². The zero-order valence-corrected chi connectivity index (χ0v) is 23.7. The summed E-state index contributed by atoms with van der Waals surface area (Å²) in [5.74, 6) is 0.612. The summed E-state index contributed by atoms with van der Waals surface area (Å²) in [6, 6.07) is 11.6. The van der Waals surface area contributed by atoms with Crippen LogP contribution in [0.25, 0.3) is 0 Å². The lowest BCUT2D eigenvalue weighted by atomic mass is 9.92. The Morgan fingerprint density at radius 2 is 1.84 bits per heavy atom. The Labute approximate surface area is 235 Å². The van der Waals surface area contributed by atoms with E-state index in [1.807, 2.05) is 41.5 Å². The van der Waals surface area contributed by atoms with E-state index in [0.717, 1.165) is 41.9 Å². The molecule has 0 aliphatic carbocycles. The van der Waals surface area contributed by atoms with E-state index in [1.165, 1.54) is 0 Å². The Morgan fingerprint density at radius 3 is 2.49 bits per heavy atom. The molecule has 8 heteroatoms. The molecular weight excluding hydrogens is 527 g/mol. The van der Waals surface area contributed by atoms with E-state index in [0.29, 0.717) is 41.9 Å². The fourth-order valence-electron chi connectivity index (χ4n) is 4.96. The van der Waals surface area contributed by atoms with E-state index in [-0.39, 0.29) is 11.9 Å². The Kier molecular flexibility index (Phi) is 9.12. The van der Waals surface area contributed by atoms with Gasteiger partial charge in [-0.15, -0.1) is 0 Å². The molecule has 198 valence electrons. The lowest BCUT2D eigenvalue weighted by Gasteiger charge is -2.38. The molecule has 0 saturated carbocycles. The molecule has 0 spiro atoms. The smallest absolute Gasteiger partial charge is 0.223 e. The van der Waals surface area contributed by atoms with Crippen molar-refractivity contribution in [3.8, 4) is 0 Å². The maximum Gasteiger partial charge on any atom is 0.223 e. The van der Waals surface area contributed by atoms with Gasteiger partial charge in [0.15, 0.2) is 5.00 Å². The van der Waals surface area contributed by atoms with Gasteiger partial charge in [0.1, 0.15) is 0 Å². The van der Waals surface area contributed by atoms with Crippen LogP contribution in [0.15, 0.2) is 60.8 Å². The fourth-order valence-corrected chi connectivity index (χ4v) is 5.72. The summed E-state index contributed by atoms with van der Waals surface area (Å²) in [6.45, 7) is 7.21. The van der Waals surface area contributed by atoms with Crippen molar-refractivity contribution in [1.82, 2.24) is 10.2 Å². The predicted molar refractivity (Wildman–Crippen MR) is 155 cm³/mol. The number of benzene rings is 2. The van der Waals surface area contributed by atoms with Crippen LogP contribution in [0, 0.1) is 5.92 Å². The topological polar surface area (TPSA) is 61.6 Å². The highest BCUT2D eigenvalue weighted by Crippen LogP contribution is 2.36. The molecule has 2 atom stereocenters. The monoisotopic (exact) mass is 560 g/mol. The van der Waals surface area contributed by atoms with Crippen LogP contribution in [0.3, 0.4) is 0 Å². The van der Waals surface area contributed by atoms with Gasteiger partial charge in [-0.25, -0.2) is 0 Å². The highest BCUT2D eigenvalue weighted by molar-refractivity contribution is 6.35. The number of anilines is 1. The highest BCUT2D eigenvalue weighted by atomic mass is 35.5. The number of hydrogen-bond donors (Lipinski definition) is 2. The van der Waals surface area contributed by atoms with Crippen LogP contribution in [0.2, 0.25) is 10.0 Å². The number of allylic oxidation sites excluding steroid dienone is 2. The van der Waals surface area contributed by atoms with Crippen molar-refractivity contribution in [3.05, 3.63) is 87.6 Å². The molecular formula is C29H35Cl3N4O. The minimum atomic E-state index is -0.794. The predicted octanol–water partition coefficient (Wildman–Crippen LogP) is 6.39. The molecule has 0 radical (unpaired) electrons. The third kappa shape index (κ3) is 6.83. The summed E-state index contributed by atoms with van der Waals surface area (Å²) in [6.07, 6.45) is 9.57. The first-order valence-electron chi connectivity index (χ1n) is 12.8. The first kappa shape index (κ1) is 27.8.